The van der Waals surface area contributed by atoms with Gasteiger partial charge in [-0.25, -0.2) is 4.79 Å². The number of hydrogen-bond donors (Lipinski definition) is 2. The van der Waals surface area contributed by atoms with E-state index in [2.05, 4.69) is 23.5 Å². The standard InChI is InChI=1S/C13H23N3O3S/c1-5-19-12(17)9-10(14)16-20-11(9)15-8-13(2,3)6-7-18-4/h15H,5-8H2,1-4H3,(H2,14,16). The van der Waals surface area contributed by atoms with Crippen molar-refractivity contribution < 1.29 is 14.3 Å². The van der Waals surface area contributed by atoms with Crippen molar-refractivity contribution in [3.8, 4) is 0 Å². The van der Waals surface area contributed by atoms with Gasteiger partial charge in [0.25, 0.3) is 0 Å². The number of methoxy groups -OCH3 is 1. The zero-order chi connectivity index (χ0) is 15.2. The van der Waals surface area contributed by atoms with Crippen LogP contribution in [0.1, 0.15) is 37.6 Å². The van der Waals surface area contributed by atoms with E-state index in [1.807, 2.05) is 0 Å². The number of nitrogens with zero attached hydrogens (tertiary/aromatic N) is 1. The SMILES string of the molecule is CCOC(=O)c1c(N)nsc1NCC(C)(C)CCOC. The van der Waals surface area contributed by atoms with E-state index in [1.54, 1.807) is 14.0 Å². The third-order valence-electron chi connectivity index (χ3n) is 2.91. The van der Waals surface area contributed by atoms with E-state index in [4.69, 9.17) is 15.2 Å². The summed E-state index contributed by atoms with van der Waals surface area (Å²) in [6, 6.07) is 0. The summed E-state index contributed by atoms with van der Waals surface area (Å²) >= 11 is 1.18. The first-order valence-corrected chi connectivity index (χ1v) is 7.33. The second-order valence-electron chi connectivity index (χ2n) is 5.25. The Bertz CT molecular complexity index is 446. The molecule has 7 heteroatoms. The number of carbonyl (C=O) groups is 1. The van der Waals surface area contributed by atoms with Crippen molar-refractivity contribution in [2.45, 2.75) is 27.2 Å². The van der Waals surface area contributed by atoms with Crippen molar-refractivity contribution in [2.24, 2.45) is 5.41 Å². The molecule has 0 bridgehead atoms. The molecule has 20 heavy (non-hydrogen) atoms. The Morgan fingerprint density at radius 1 is 1.50 bits per heavy atom. The fraction of sp³-hybridized carbons (Fsp3) is 0.692. The van der Waals surface area contributed by atoms with Crippen LogP contribution in [0.2, 0.25) is 0 Å². The highest BCUT2D eigenvalue weighted by Crippen LogP contribution is 2.29. The van der Waals surface area contributed by atoms with Gasteiger partial charge in [-0.15, -0.1) is 0 Å². The highest BCUT2D eigenvalue weighted by Gasteiger charge is 2.23. The Morgan fingerprint density at radius 3 is 2.80 bits per heavy atom. The summed E-state index contributed by atoms with van der Waals surface area (Å²) in [6.07, 6.45) is 0.916. The van der Waals surface area contributed by atoms with Crippen molar-refractivity contribution in [3.05, 3.63) is 5.56 Å². The summed E-state index contributed by atoms with van der Waals surface area (Å²) < 4.78 is 14.1. The van der Waals surface area contributed by atoms with E-state index in [0.29, 0.717) is 30.3 Å². The van der Waals surface area contributed by atoms with Crippen LogP contribution in [0.5, 0.6) is 0 Å². The molecule has 1 heterocycles. The lowest BCUT2D eigenvalue weighted by molar-refractivity contribution is 0.0529. The molecular weight excluding hydrogens is 278 g/mol. The highest BCUT2D eigenvalue weighted by molar-refractivity contribution is 7.11. The number of nitrogen functional groups attached to an aromatic ring is 1. The predicted octanol–water partition coefficient (Wildman–Crippen LogP) is 2.38. The number of nitrogens with two attached hydrogens (primary N) is 1. The number of carbonyl (C=O) groups excluding carboxylic acids is 1. The largest absolute Gasteiger partial charge is 0.462 e. The molecule has 1 rings (SSSR count). The zero-order valence-electron chi connectivity index (χ0n) is 12.5. The Kier molecular flexibility index (Phi) is 6.22. The monoisotopic (exact) mass is 301 g/mol. The van der Waals surface area contributed by atoms with E-state index in [-0.39, 0.29) is 11.2 Å². The molecule has 0 atom stereocenters. The molecule has 0 saturated heterocycles. The smallest absolute Gasteiger partial charge is 0.344 e. The molecule has 0 aliphatic carbocycles. The molecule has 0 aromatic carbocycles. The normalized spacial score (nSPS) is 11.4. The molecule has 6 nitrogen and oxygen atoms in total. The van der Waals surface area contributed by atoms with Gasteiger partial charge in [-0.1, -0.05) is 13.8 Å². The van der Waals surface area contributed by atoms with Gasteiger partial charge < -0.3 is 20.5 Å². The van der Waals surface area contributed by atoms with E-state index < -0.39 is 5.97 Å². The number of ether oxygens (including phenoxy) is 2. The Hall–Kier alpha value is -1.34. The first-order chi connectivity index (χ1) is 9.41. The van der Waals surface area contributed by atoms with E-state index >= 15 is 0 Å². The molecule has 0 spiro atoms. The zero-order valence-corrected chi connectivity index (χ0v) is 13.3. The minimum absolute atomic E-state index is 0.0424. The van der Waals surface area contributed by atoms with Crippen LogP contribution in [0.4, 0.5) is 10.8 Å². The average molecular weight is 301 g/mol. The molecule has 0 aliphatic heterocycles. The fourth-order valence-corrected chi connectivity index (χ4v) is 2.31. The average Bonchev–Trinajstić information content (AvgIpc) is 2.76. The molecule has 0 fully saturated rings. The van der Waals surface area contributed by atoms with Crippen LogP contribution >= 0.6 is 11.5 Å². The lowest BCUT2D eigenvalue weighted by Gasteiger charge is -2.24. The van der Waals surface area contributed by atoms with Crippen molar-refractivity contribution in [3.63, 3.8) is 0 Å². The molecule has 0 amide bonds. The first-order valence-electron chi connectivity index (χ1n) is 6.56. The fourth-order valence-electron chi connectivity index (χ4n) is 1.61. The number of aromatic nitrogens is 1. The van der Waals surface area contributed by atoms with Gasteiger partial charge in [0.05, 0.1) is 6.61 Å². The maximum atomic E-state index is 11.8. The van der Waals surface area contributed by atoms with Crippen LogP contribution in [-0.2, 0) is 9.47 Å². The predicted molar refractivity (Wildman–Crippen MR) is 81.2 cm³/mol. The summed E-state index contributed by atoms with van der Waals surface area (Å²) in [5, 5.41) is 3.90. The van der Waals surface area contributed by atoms with Crippen molar-refractivity contribution in [2.75, 3.05) is 37.9 Å². The lowest BCUT2D eigenvalue weighted by Crippen LogP contribution is -2.25. The molecule has 0 radical (unpaired) electrons. The van der Waals surface area contributed by atoms with Crippen LogP contribution < -0.4 is 11.1 Å². The molecular formula is C13H23N3O3S. The van der Waals surface area contributed by atoms with Gasteiger partial charge in [-0.05, 0) is 30.3 Å². The van der Waals surface area contributed by atoms with Crippen molar-refractivity contribution in [1.82, 2.24) is 4.37 Å². The van der Waals surface area contributed by atoms with Gasteiger partial charge in [0.15, 0.2) is 5.82 Å². The molecule has 0 unspecified atom stereocenters. The number of esters is 1. The maximum absolute atomic E-state index is 11.8. The third-order valence-corrected chi connectivity index (χ3v) is 3.73. The van der Waals surface area contributed by atoms with Gasteiger partial charge in [-0.2, -0.15) is 4.37 Å². The number of hydrogen-bond acceptors (Lipinski definition) is 7. The van der Waals surface area contributed by atoms with E-state index in [9.17, 15) is 4.79 Å². The molecule has 0 saturated carbocycles. The van der Waals surface area contributed by atoms with Gasteiger partial charge in [-0.3, -0.25) is 0 Å². The van der Waals surface area contributed by atoms with Gasteiger partial charge in [0.1, 0.15) is 10.6 Å². The summed E-state index contributed by atoms with van der Waals surface area (Å²) in [6.45, 7) is 7.73. The maximum Gasteiger partial charge on any atom is 0.344 e. The summed E-state index contributed by atoms with van der Waals surface area (Å²) in [4.78, 5) is 11.8. The van der Waals surface area contributed by atoms with E-state index in [1.165, 1.54) is 11.5 Å². The molecule has 1 aromatic rings. The number of nitrogens with one attached hydrogen (secondary N) is 1. The quantitative estimate of drug-likeness (QED) is 0.717. The van der Waals surface area contributed by atoms with Crippen molar-refractivity contribution >= 4 is 28.3 Å². The van der Waals surface area contributed by atoms with Gasteiger partial charge in [0, 0.05) is 20.3 Å². The Morgan fingerprint density at radius 2 is 2.20 bits per heavy atom. The van der Waals surface area contributed by atoms with Crippen LogP contribution in [0.3, 0.4) is 0 Å². The highest BCUT2D eigenvalue weighted by atomic mass is 32.1. The van der Waals surface area contributed by atoms with Crippen molar-refractivity contribution in [1.29, 1.82) is 0 Å². The summed E-state index contributed by atoms with van der Waals surface area (Å²) in [5.41, 5.74) is 6.11. The molecule has 114 valence electrons. The first kappa shape index (κ1) is 16.7. The minimum Gasteiger partial charge on any atom is -0.462 e. The third kappa shape index (κ3) is 4.64. The second kappa shape index (κ2) is 7.44. The Labute approximate surface area is 123 Å². The minimum atomic E-state index is -0.434. The van der Waals surface area contributed by atoms with Crippen LogP contribution in [0, 0.1) is 5.41 Å². The number of rotatable bonds is 8. The molecule has 3 N–H and O–H groups in total. The topological polar surface area (TPSA) is 86.5 Å². The van der Waals surface area contributed by atoms with Crippen LogP contribution in [0.25, 0.3) is 0 Å². The lowest BCUT2D eigenvalue weighted by atomic mass is 9.90. The second-order valence-corrected chi connectivity index (χ2v) is 6.03. The van der Waals surface area contributed by atoms with E-state index in [0.717, 1.165) is 6.42 Å². The van der Waals surface area contributed by atoms with Crippen LogP contribution in [-0.4, -0.2) is 37.2 Å². The summed E-state index contributed by atoms with van der Waals surface area (Å²) in [5.74, 6) is -0.221. The summed E-state index contributed by atoms with van der Waals surface area (Å²) in [7, 11) is 1.69. The Balaban J connectivity index is 2.71. The number of anilines is 2. The van der Waals surface area contributed by atoms with Gasteiger partial charge >= 0.3 is 5.97 Å². The van der Waals surface area contributed by atoms with Gasteiger partial charge in [0.2, 0.25) is 0 Å². The molecule has 1 aromatic heterocycles. The molecule has 0 aliphatic rings. The van der Waals surface area contributed by atoms with Crippen LogP contribution in [0.15, 0.2) is 0 Å².